The minimum atomic E-state index is -1.48. The summed E-state index contributed by atoms with van der Waals surface area (Å²) < 4.78 is 39.4. The zero-order chi connectivity index (χ0) is 27.4. The lowest BCUT2D eigenvalue weighted by molar-refractivity contribution is -0.135. The van der Waals surface area contributed by atoms with Crippen LogP contribution in [0.3, 0.4) is 0 Å². The number of ether oxygens (including phenoxy) is 2. The second-order valence-electron chi connectivity index (χ2n) is 9.08. The third-order valence-corrected chi connectivity index (χ3v) is 7.17. The number of anilines is 1. The Labute approximate surface area is 223 Å². The van der Waals surface area contributed by atoms with Gasteiger partial charge in [-0.05, 0) is 62.8 Å². The van der Waals surface area contributed by atoms with Crippen molar-refractivity contribution in [3.8, 4) is 11.3 Å². The summed E-state index contributed by atoms with van der Waals surface area (Å²) in [5.74, 6) is -5.03. The third kappa shape index (κ3) is 6.08. The SMILES string of the molecule is CO/C(=C\c1c(F)cc(C(=O)Nc2nc3c(s2)CCc2c(CCCOC(C)C)cccc2-3)cc1F)C(=O)O. The Balaban J connectivity index is 1.52. The van der Waals surface area contributed by atoms with Crippen LogP contribution < -0.4 is 5.32 Å². The predicted molar refractivity (Wildman–Crippen MR) is 141 cm³/mol. The van der Waals surface area contributed by atoms with Crippen molar-refractivity contribution in [3.63, 3.8) is 0 Å². The van der Waals surface area contributed by atoms with Crippen molar-refractivity contribution in [1.29, 1.82) is 0 Å². The van der Waals surface area contributed by atoms with Gasteiger partial charge in [-0.1, -0.05) is 18.2 Å². The van der Waals surface area contributed by atoms with Crippen LogP contribution in [0.2, 0.25) is 0 Å². The second kappa shape index (κ2) is 11.8. The molecule has 0 fully saturated rings. The number of aryl methyl sites for hydroxylation is 2. The zero-order valence-electron chi connectivity index (χ0n) is 21.3. The smallest absolute Gasteiger partial charge is 0.371 e. The molecule has 3 aromatic rings. The molecular weight excluding hydrogens is 514 g/mol. The number of carbonyl (C=O) groups is 2. The summed E-state index contributed by atoms with van der Waals surface area (Å²) >= 11 is 1.34. The average molecular weight is 543 g/mol. The molecule has 1 aromatic heterocycles. The van der Waals surface area contributed by atoms with E-state index < -0.39 is 34.8 Å². The molecule has 38 heavy (non-hydrogen) atoms. The summed E-state index contributed by atoms with van der Waals surface area (Å²) in [5, 5.41) is 12.0. The molecule has 200 valence electrons. The van der Waals surface area contributed by atoms with Gasteiger partial charge in [0, 0.05) is 34.3 Å². The Morgan fingerprint density at radius 2 is 1.95 bits per heavy atom. The van der Waals surface area contributed by atoms with E-state index in [1.807, 2.05) is 26.0 Å². The highest BCUT2D eigenvalue weighted by molar-refractivity contribution is 7.16. The fourth-order valence-electron chi connectivity index (χ4n) is 4.35. The van der Waals surface area contributed by atoms with Gasteiger partial charge in [0.25, 0.3) is 5.91 Å². The number of rotatable bonds is 10. The van der Waals surface area contributed by atoms with E-state index in [0.717, 1.165) is 67.1 Å². The summed E-state index contributed by atoms with van der Waals surface area (Å²) in [6.07, 6.45) is 4.40. The summed E-state index contributed by atoms with van der Waals surface area (Å²) in [6.45, 7) is 4.73. The molecule has 0 radical (unpaired) electrons. The normalized spacial score (nSPS) is 12.7. The van der Waals surface area contributed by atoms with Gasteiger partial charge in [-0.25, -0.2) is 18.6 Å². The number of carboxylic acid groups (broad SMARTS) is 1. The first kappa shape index (κ1) is 27.4. The Morgan fingerprint density at radius 3 is 2.61 bits per heavy atom. The summed E-state index contributed by atoms with van der Waals surface area (Å²) in [6, 6.07) is 7.84. The highest BCUT2D eigenvalue weighted by Crippen LogP contribution is 2.39. The van der Waals surface area contributed by atoms with E-state index in [4.69, 9.17) is 9.84 Å². The van der Waals surface area contributed by atoms with Crippen molar-refractivity contribution in [2.75, 3.05) is 19.0 Å². The lowest BCUT2D eigenvalue weighted by Gasteiger charge is -2.19. The van der Waals surface area contributed by atoms with Crippen molar-refractivity contribution >= 4 is 34.4 Å². The topological polar surface area (TPSA) is 97.8 Å². The number of fused-ring (bicyclic) bond motifs is 3. The molecule has 0 bridgehead atoms. The number of hydrogen-bond acceptors (Lipinski definition) is 6. The summed E-state index contributed by atoms with van der Waals surface area (Å²) in [5.41, 5.74) is 3.48. The van der Waals surface area contributed by atoms with Crippen molar-refractivity contribution < 1.29 is 33.0 Å². The number of carbonyl (C=O) groups excluding carboxylic acids is 1. The molecule has 0 spiro atoms. The fourth-order valence-corrected chi connectivity index (χ4v) is 5.32. The van der Waals surface area contributed by atoms with Crippen molar-refractivity contribution in [3.05, 3.63) is 74.9 Å². The fraction of sp³-hybridized carbons (Fsp3) is 0.321. The molecule has 0 saturated heterocycles. The minimum absolute atomic E-state index is 0.203. The average Bonchev–Trinajstić information content (AvgIpc) is 3.28. The third-order valence-electron chi connectivity index (χ3n) is 6.14. The van der Waals surface area contributed by atoms with E-state index in [-0.39, 0.29) is 11.7 Å². The number of nitrogens with one attached hydrogen (secondary N) is 1. The lowest BCUT2D eigenvalue weighted by atomic mass is 9.88. The summed E-state index contributed by atoms with van der Waals surface area (Å²) in [7, 11) is 1.08. The molecule has 2 N–H and O–H groups in total. The number of benzene rings is 2. The molecule has 0 unspecified atom stereocenters. The standard InChI is InChI=1S/C28H28F2N2O5S/c1-15(2)37-11-5-7-16-6-4-8-19-18(16)9-10-24-25(19)31-28(38-24)32-26(33)17-12-21(29)20(22(30)13-17)14-23(36-3)27(34)35/h4,6,8,12-15H,5,7,9-11H2,1-3H3,(H,34,35)(H,31,32,33)/b23-14-. The molecule has 0 saturated carbocycles. The molecule has 7 nitrogen and oxygen atoms in total. The maximum atomic E-state index is 14.6. The van der Waals surface area contributed by atoms with E-state index in [1.54, 1.807) is 0 Å². The van der Waals surface area contributed by atoms with Gasteiger partial charge in [0.05, 0.1) is 18.9 Å². The maximum absolute atomic E-state index is 14.6. The first-order valence-electron chi connectivity index (χ1n) is 12.2. The zero-order valence-corrected chi connectivity index (χ0v) is 22.1. The van der Waals surface area contributed by atoms with Crippen LogP contribution in [0.15, 0.2) is 36.1 Å². The Bertz CT molecular complexity index is 1380. The van der Waals surface area contributed by atoms with Gasteiger partial charge in [-0.3, -0.25) is 10.1 Å². The number of thiazole rings is 1. The van der Waals surface area contributed by atoms with E-state index in [2.05, 4.69) is 21.1 Å². The van der Waals surface area contributed by atoms with E-state index in [1.165, 1.54) is 22.5 Å². The van der Waals surface area contributed by atoms with Crippen LogP contribution in [0.25, 0.3) is 17.3 Å². The van der Waals surface area contributed by atoms with Crippen LogP contribution >= 0.6 is 11.3 Å². The Kier molecular flexibility index (Phi) is 8.53. The second-order valence-corrected chi connectivity index (χ2v) is 10.2. The molecule has 10 heteroatoms. The monoisotopic (exact) mass is 542 g/mol. The molecule has 1 amide bonds. The largest absolute Gasteiger partial charge is 0.490 e. The Hall–Kier alpha value is -3.63. The van der Waals surface area contributed by atoms with Crippen LogP contribution in [-0.4, -0.2) is 41.8 Å². The van der Waals surface area contributed by atoms with Crippen LogP contribution in [0.5, 0.6) is 0 Å². The van der Waals surface area contributed by atoms with E-state index in [0.29, 0.717) is 11.7 Å². The Morgan fingerprint density at radius 1 is 1.21 bits per heavy atom. The minimum Gasteiger partial charge on any atom is -0.490 e. The van der Waals surface area contributed by atoms with Gasteiger partial charge in [0.2, 0.25) is 5.76 Å². The van der Waals surface area contributed by atoms with Crippen LogP contribution in [0.4, 0.5) is 13.9 Å². The number of carboxylic acids is 1. The summed E-state index contributed by atoms with van der Waals surface area (Å²) in [4.78, 5) is 29.6. The van der Waals surface area contributed by atoms with Gasteiger partial charge in [0.1, 0.15) is 11.6 Å². The van der Waals surface area contributed by atoms with Gasteiger partial charge in [-0.15, -0.1) is 11.3 Å². The number of hydrogen-bond donors (Lipinski definition) is 2. The molecule has 4 rings (SSSR count). The van der Waals surface area contributed by atoms with Crippen LogP contribution in [-0.2, 0) is 33.5 Å². The lowest BCUT2D eigenvalue weighted by Crippen LogP contribution is -2.13. The van der Waals surface area contributed by atoms with Gasteiger partial charge < -0.3 is 14.6 Å². The highest BCUT2D eigenvalue weighted by atomic mass is 32.1. The first-order valence-corrected chi connectivity index (χ1v) is 13.0. The van der Waals surface area contributed by atoms with E-state index in [9.17, 15) is 18.4 Å². The quantitative estimate of drug-likeness (QED) is 0.189. The molecule has 1 aliphatic carbocycles. The molecule has 0 atom stereocenters. The van der Waals surface area contributed by atoms with E-state index >= 15 is 0 Å². The number of aromatic nitrogens is 1. The molecular formula is C28H28F2N2O5S. The number of aliphatic carboxylic acids is 1. The van der Waals surface area contributed by atoms with Crippen molar-refractivity contribution in [2.45, 2.75) is 45.6 Å². The number of halogens is 2. The van der Waals surface area contributed by atoms with Crippen LogP contribution in [0.1, 0.15) is 52.2 Å². The number of methoxy groups -OCH3 is 1. The molecule has 2 aromatic carbocycles. The molecule has 1 aliphatic rings. The molecule has 1 heterocycles. The van der Waals surface area contributed by atoms with Gasteiger partial charge >= 0.3 is 5.97 Å². The van der Waals surface area contributed by atoms with Crippen molar-refractivity contribution in [2.24, 2.45) is 0 Å². The first-order chi connectivity index (χ1) is 18.2. The van der Waals surface area contributed by atoms with Gasteiger partial charge in [0.15, 0.2) is 5.13 Å². The van der Waals surface area contributed by atoms with Crippen molar-refractivity contribution in [1.82, 2.24) is 4.98 Å². The van der Waals surface area contributed by atoms with Crippen LogP contribution in [0, 0.1) is 11.6 Å². The van der Waals surface area contributed by atoms with Gasteiger partial charge in [-0.2, -0.15) is 0 Å². The number of amides is 1. The number of nitrogens with zero attached hydrogens (tertiary/aromatic N) is 1. The molecule has 0 aliphatic heterocycles. The predicted octanol–water partition coefficient (Wildman–Crippen LogP) is 5.87. The highest BCUT2D eigenvalue weighted by Gasteiger charge is 2.24. The maximum Gasteiger partial charge on any atom is 0.371 e.